The second-order valence-electron chi connectivity index (χ2n) is 7.33. The summed E-state index contributed by atoms with van der Waals surface area (Å²) in [5, 5.41) is 2.41. The molecule has 1 aliphatic carbocycles. The highest BCUT2D eigenvalue weighted by molar-refractivity contribution is 5.82. The molecule has 3 rings (SSSR count). The summed E-state index contributed by atoms with van der Waals surface area (Å²) >= 11 is 0. The fraction of sp³-hybridized carbons (Fsp3) is 0.522. The maximum absolute atomic E-state index is 13.0. The topological polar surface area (TPSA) is 17.1 Å². The summed E-state index contributed by atoms with van der Waals surface area (Å²) in [4.78, 5) is 13.0. The number of benzene rings is 1. The number of hydrogen-bond donors (Lipinski definition) is 0. The van der Waals surface area contributed by atoms with Gasteiger partial charge in [0.1, 0.15) is 0 Å². The first-order valence-electron chi connectivity index (χ1n) is 9.89. The average Bonchev–Trinajstić information content (AvgIpc) is 2.73. The molecule has 0 aromatic heterocycles. The maximum Gasteiger partial charge on any atom is 0.185 e. The first-order valence-corrected chi connectivity index (χ1v) is 9.89. The highest BCUT2D eigenvalue weighted by Crippen LogP contribution is 2.18. The van der Waals surface area contributed by atoms with Crippen LogP contribution in [0, 0.1) is 0 Å². The smallest absolute Gasteiger partial charge is 0.185 e. The van der Waals surface area contributed by atoms with Gasteiger partial charge < -0.3 is 0 Å². The summed E-state index contributed by atoms with van der Waals surface area (Å²) in [5.41, 5.74) is 2.36. The zero-order valence-corrected chi connectivity index (χ0v) is 14.9. The van der Waals surface area contributed by atoms with Crippen LogP contribution < -0.4 is 5.43 Å². The van der Waals surface area contributed by atoms with E-state index in [1.165, 1.54) is 62.1 Å². The predicted molar refractivity (Wildman–Crippen MR) is 104 cm³/mol. The molecule has 24 heavy (non-hydrogen) atoms. The van der Waals surface area contributed by atoms with E-state index >= 15 is 0 Å². The van der Waals surface area contributed by atoms with Gasteiger partial charge in [-0.05, 0) is 48.6 Å². The largest absolute Gasteiger partial charge is 0.289 e. The molecule has 0 amide bonds. The zero-order valence-electron chi connectivity index (χ0n) is 14.9. The van der Waals surface area contributed by atoms with Crippen molar-refractivity contribution in [3.8, 4) is 0 Å². The van der Waals surface area contributed by atoms with Crippen molar-refractivity contribution in [1.82, 2.24) is 0 Å². The molecule has 1 aliphatic rings. The lowest BCUT2D eigenvalue weighted by Crippen LogP contribution is -2.11. The molecule has 0 heterocycles. The number of aryl methyl sites for hydroxylation is 2. The van der Waals surface area contributed by atoms with Crippen LogP contribution in [0.1, 0.15) is 75.3 Å². The molecule has 0 saturated heterocycles. The Morgan fingerprint density at radius 2 is 0.917 bits per heavy atom. The van der Waals surface area contributed by atoms with Gasteiger partial charge in [0, 0.05) is 11.1 Å². The maximum atomic E-state index is 13.0. The van der Waals surface area contributed by atoms with Crippen LogP contribution in [0.4, 0.5) is 0 Å². The zero-order chi connectivity index (χ0) is 16.6. The summed E-state index contributed by atoms with van der Waals surface area (Å²) in [6, 6.07) is 12.7. The number of fused-ring (bicyclic) bond motifs is 3. The van der Waals surface area contributed by atoms with Gasteiger partial charge in [-0.25, -0.2) is 0 Å². The van der Waals surface area contributed by atoms with Gasteiger partial charge >= 0.3 is 0 Å². The highest BCUT2D eigenvalue weighted by atomic mass is 16.1. The van der Waals surface area contributed by atoms with Gasteiger partial charge in [-0.15, -0.1) is 0 Å². The van der Waals surface area contributed by atoms with Crippen LogP contribution in [0.5, 0.6) is 0 Å². The van der Waals surface area contributed by atoms with Gasteiger partial charge in [0.05, 0.1) is 0 Å². The van der Waals surface area contributed by atoms with Gasteiger partial charge in [0.25, 0.3) is 0 Å². The van der Waals surface area contributed by atoms with E-state index < -0.39 is 0 Å². The molecule has 128 valence electrons. The minimum Gasteiger partial charge on any atom is -0.289 e. The Labute approximate surface area is 146 Å². The molecule has 0 aliphatic heterocycles. The molecule has 0 radical (unpaired) electrons. The van der Waals surface area contributed by atoms with Gasteiger partial charge in [-0.1, -0.05) is 75.6 Å². The fourth-order valence-corrected chi connectivity index (χ4v) is 3.90. The third kappa shape index (κ3) is 4.69. The summed E-state index contributed by atoms with van der Waals surface area (Å²) < 4.78 is 0. The van der Waals surface area contributed by atoms with Crippen molar-refractivity contribution in [3.63, 3.8) is 0 Å². The van der Waals surface area contributed by atoms with Crippen molar-refractivity contribution in [2.75, 3.05) is 0 Å². The first kappa shape index (κ1) is 17.2. The van der Waals surface area contributed by atoms with Crippen LogP contribution in [0.2, 0.25) is 0 Å². The number of rotatable bonds is 0. The minimum absolute atomic E-state index is 0.307. The Morgan fingerprint density at radius 1 is 0.542 bits per heavy atom. The Balaban J connectivity index is 1.93. The molecule has 0 spiro atoms. The lowest BCUT2D eigenvalue weighted by molar-refractivity contribution is 0.553. The predicted octanol–water partition coefficient (Wildman–Crippen LogP) is 6.20. The van der Waals surface area contributed by atoms with Crippen molar-refractivity contribution >= 4 is 10.8 Å². The van der Waals surface area contributed by atoms with Crippen molar-refractivity contribution in [1.29, 1.82) is 0 Å². The number of hydrogen-bond acceptors (Lipinski definition) is 1. The summed E-state index contributed by atoms with van der Waals surface area (Å²) in [5.74, 6) is 0. The van der Waals surface area contributed by atoms with Crippen LogP contribution in [-0.4, -0.2) is 0 Å². The molecule has 2 bridgehead atoms. The van der Waals surface area contributed by atoms with Crippen LogP contribution in [0.25, 0.3) is 10.8 Å². The van der Waals surface area contributed by atoms with E-state index in [2.05, 4.69) is 36.4 Å². The molecule has 2 aromatic carbocycles. The SMILES string of the molecule is O=c1c2cc3ccccc3cc1CCCCCCCCCCCC2. The van der Waals surface area contributed by atoms with Crippen LogP contribution in [0.3, 0.4) is 0 Å². The Bertz CT molecular complexity index is 657. The molecular weight excluding hydrogens is 292 g/mol. The van der Waals surface area contributed by atoms with E-state index in [0.717, 1.165) is 36.8 Å². The standard InChI is InChI=1S/C23H30O/c24-23-21-15-9-7-5-3-1-2-4-6-8-10-16-22(23)18-20-14-12-11-13-19(20)17-21/h11-14,17-18H,1-10,15-16H2. The molecule has 0 saturated carbocycles. The molecule has 0 atom stereocenters. The van der Waals surface area contributed by atoms with Crippen molar-refractivity contribution in [2.24, 2.45) is 0 Å². The van der Waals surface area contributed by atoms with Gasteiger partial charge in [-0.2, -0.15) is 0 Å². The fourth-order valence-electron chi connectivity index (χ4n) is 3.90. The van der Waals surface area contributed by atoms with E-state index in [0.29, 0.717) is 5.43 Å². The Morgan fingerprint density at radius 3 is 1.33 bits per heavy atom. The van der Waals surface area contributed by atoms with Gasteiger partial charge in [-0.3, -0.25) is 4.79 Å². The quantitative estimate of drug-likeness (QED) is 0.564. The van der Waals surface area contributed by atoms with E-state index in [9.17, 15) is 4.79 Å². The van der Waals surface area contributed by atoms with E-state index in [1.807, 2.05) is 0 Å². The third-order valence-electron chi connectivity index (χ3n) is 5.38. The van der Waals surface area contributed by atoms with Gasteiger partial charge in [0.2, 0.25) is 0 Å². The van der Waals surface area contributed by atoms with E-state index in [-0.39, 0.29) is 0 Å². The molecular formula is C23H30O. The molecule has 1 nitrogen and oxygen atoms in total. The molecule has 0 fully saturated rings. The van der Waals surface area contributed by atoms with Crippen LogP contribution in [0.15, 0.2) is 41.2 Å². The molecule has 0 N–H and O–H groups in total. The summed E-state index contributed by atoms with van der Waals surface area (Å²) in [7, 11) is 0. The van der Waals surface area contributed by atoms with Crippen LogP contribution in [-0.2, 0) is 12.8 Å². The molecule has 1 heteroatoms. The van der Waals surface area contributed by atoms with Gasteiger partial charge in [0.15, 0.2) is 5.43 Å². The first-order chi connectivity index (χ1) is 11.8. The second kappa shape index (κ2) is 9.01. The van der Waals surface area contributed by atoms with Crippen molar-refractivity contribution in [2.45, 2.75) is 77.0 Å². The molecule has 2 aromatic rings. The van der Waals surface area contributed by atoms with Crippen molar-refractivity contribution in [3.05, 3.63) is 57.7 Å². The Hall–Kier alpha value is -1.63. The van der Waals surface area contributed by atoms with E-state index in [1.54, 1.807) is 0 Å². The van der Waals surface area contributed by atoms with Crippen LogP contribution >= 0.6 is 0 Å². The third-order valence-corrected chi connectivity index (χ3v) is 5.38. The lowest BCUT2D eigenvalue weighted by atomic mass is 10.0. The second-order valence-corrected chi connectivity index (χ2v) is 7.33. The summed E-state index contributed by atoms with van der Waals surface area (Å²) in [6.45, 7) is 0. The normalized spacial score (nSPS) is 17.8. The van der Waals surface area contributed by atoms with Crippen molar-refractivity contribution < 1.29 is 0 Å². The summed E-state index contributed by atoms with van der Waals surface area (Å²) in [6.07, 6.45) is 14.8. The molecule has 0 unspecified atom stereocenters. The lowest BCUT2D eigenvalue weighted by Gasteiger charge is -2.02. The monoisotopic (exact) mass is 322 g/mol. The average molecular weight is 322 g/mol. The Kier molecular flexibility index (Phi) is 6.46. The highest BCUT2D eigenvalue weighted by Gasteiger charge is 2.07. The minimum atomic E-state index is 0.307. The van der Waals surface area contributed by atoms with E-state index in [4.69, 9.17) is 0 Å².